The molecule has 0 aromatic carbocycles. The first-order valence-corrected chi connectivity index (χ1v) is 11.5. The maximum Gasteiger partial charge on any atom is 0.433 e. The van der Waals surface area contributed by atoms with Crippen LogP contribution in [0.2, 0.25) is 0 Å². The highest BCUT2D eigenvalue weighted by atomic mass is 32.2. The third-order valence-electron chi connectivity index (χ3n) is 5.17. The summed E-state index contributed by atoms with van der Waals surface area (Å²) in [5.41, 5.74) is -0.761. The highest BCUT2D eigenvalue weighted by Crippen LogP contribution is 2.27. The van der Waals surface area contributed by atoms with Gasteiger partial charge in [-0.05, 0) is 66.6 Å². The molecule has 2 N–H and O–H groups in total. The van der Waals surface area contributed by atoms with Crippen molar-refractivity contribution in [2.45, 2.75) is 25.9 Å². The van der Waals surface area contributed by atoms with Gasteiger partial charge in [0.1, 0.15) is 11.4 Å². The van der Waals surface area contributed by atoms with Crippen LogP contribution < -0.4 is 15.5 Å². The number of nitrogens with zero attached hydrogens (tertiary/aromatic N) is 4. The first kappa shape index (κ1) is 26.1. The van der Waals surface area contributed by atoms with E-state index in [0.29, 0.717) is 42.6 Å². The zero-order valence-electron chi connectivity index (χ0n) is 18.7. The van der Waals surface area contributed by atoms with Crippen LogP contribution in [0.4, 0.5) is 23.9 Å². The van der Waals surface area contributed by atoms with Gasteiger partial charge in [-0.1, -0.05) is 6.07 Å². The van der Waals surface area contributed by atoms with Gasteiger partial charge in [-0.3, -0.25) is 19.7 Å². The molecule has 0 atom stereocenters. The Kier molecular flexibility index (Phi) is 8.79. The number of carbonyl (C=O) groups excluding carboxylic acids is 3. The summed E-state index contributed by atoms with van der Waals surface area (Å²) in [5.74, 6) is 0.0417. The minimum Gasteiger partial charge on any atom is -0.350 e. The molecular weight excluding hydrogens is 485 g/mol. The molecule has 13 heteroatoms. The van der Waals surface area contributed by atoms with E-state index in [1.54, 1.807) is 25.3 Å². The van der Waals surface area contributed by atoms with Gasteiger partial charge in [0.2, 0.25) is 12.4 Å². The summed E-state index contributed by atoms with van der Waals surface area (Å²) in [4.78, 5) is 49.0. The predicted octanol–water partition coefficient (Wildman–Crippen LogP) is 3.50. The van der Waals surface area contributed by atoms with Crippen LogP contribution in [-0.4, -0.2) is 52.1 Å². The summed E-state index contributed by atoms with van der Waals surface area (Å²) in [6, 6.07) is 4.94. The summed E-state index contributed by atoms with van der Waals surface area (Å²) < 4.78 is 38.4. The van der Waals surface area contributed by atoms with Gasteiger partial charge in [-0.25, -0.2) is 15.0 Å². The van der Waals surface area contributed by atoms with Crippen molar-refractivity contribution in [1.82, 2.24) is 25.6 Å². The first-order chi connectivity index (χ1) is 16.7. The number of amides is 3. The zero-order valence-corrected chi connectivity index (χ0v) is 19.5. The van der Waals surface area contributed by atoms with Crippen molar-refractivity contribution in [3.8, 4) is 0 Å². The van der Waals surface area contributed by atoms with Crippen molar-refractivity contribution in [2.75, 3.05) is 24.5 Å². The van der Waals surface area contributed by atoms with Crippen LogP contribution in [-0.2, 0) is 11.0 Å². The van der Waals surface area contributed by atoms with Crippen LogP contribution in [0.3, 0.4) is 0 Å². The molecular formula is C22H23F3N6O3S. The number of thioether (sulfide) groups is 1. The second-order valence-electron chi connectivity index (χ2n) is 7.73. The van der Waals surface area contributed by atoms with Gasteiger partial charge in [-0.15, -0.1) is 0 Å². The summed E-state index contributed by atoms with van der Waals surface area (Å²) in [6.45, 7) is 3.34. The molecule has 1 aliphatic rings. The SMILES string of the molecule is C/C(=C/c1ccnc(N2CCC(CNC(=O)c3cccc(C(F)(F)F)n3)CC2)n1)SC(=O)NC=O. The second-order valence-corrected chi connectivity index (χ2v) is 8.95. The lowest BCUT2D eigenvalue weighted by atomic mass is 9.97. The molecule has 9 nitrogen and oxygen atoms in total. The molecule has 1 saturated heterocycles. The van der Waals surface area contributed by atoms with Gasteiger partial charge in [0.25, 0.3) is 11.1 Å². The average molecular weight is 509 g/mol. The normalized spacial score (nSPS) is 15.0. The molecule has 2 aromatic rings. The fourth-order valence-electron chi connectivity index (χ4n) is 3.44. The topological polar surface area (TPSA) is 117 Å². The number of imide groups is 1. The van der Waals surface area contributed by atoms with E-state index in [2.05, 4.69) is 25.6 Å². The number of hydrogen-bond donors (Lipinski definition) is 2. The number of hydrogen-bond acceptors (Lipinski definition) is 8. The smallest absolute Gasteiger partial charge is 0.350 e. The van der Waals surface area contributed by atoms with Crippen LogP contribution in [0.5, 0.6) is 0 Å². The van der Waals surface area contributed by atoms with E-state index in [1.165, 1.54) is 6.07 Å². The summed E-state index contributed by atoms with van der Waals surface area (Å²) in [5, 5.41) is 4.24. The molecule has 1 aliphatic heterocycles. The van der Waals surface area contributed by atoms with Crippen LogP contribution in [0, 0.1) is 5.92 Å². The number of rotatable bonds is 7. The number of allylic oxidation sites excluding steroid dienone is 1. The Morgan fingerprint density at radius 2 is 1.94 bits per heavy atom. The molecule has 3 heterocycles. The number of pyridine rings is 1. The van der Waals surface area contributed by atoms with Gasteiger partial charge in [-0.2, -0.15) is 13.2 Å². The number of piperidine rings is 1. The zero-order chi connectivity index (χ0) is 25.4. The Morgan fingerprint density at radius 3 is 2.63 bits per heavy atom. The largest absolute Gasteiger partial charge is 0.433 e. The molecule has 35 heavy (non-hydrogen) atoms. The number of alkyl halides is 3. The number of halogens is 3. The molecule has 0 aliphatic carbocycles. The standard InChI is InChI=1S/C22H23F3N6O3S/c1-14(35-21(34)28-13-32)11-16-5-8-26-20(29-16)31-9-6-15(7-10-31)12-27-19(33)17-3-2-4-18(30-17)22(23,24)25/h2-5,8,11,13,15H,6-7,9-10,12H2,1H3,(H,27,33)(H,28,32,34)/b14-11-. The lowest BCUT2D eigenvalue weighted by Gasteiger charge is -2.32. The fourth-order valence-corrected chi connectivity index (χ4v) is 4.02. The number of carbonyl (C=O) groups is 3. The molecule has 186 valence electrons. The molecule has 0 bridgehead atoms. The molecule has 0 spiro atoms. The van der Waals surface area contributed by atoms with Crippen molar-refractivity contribution in [3.05, 3.63) is 52.4 Å². The highest BCUT2D eigenvalue weighted by Gasteiger charge is 2.33. The molecule has 3 rings (SSSR count). The summed E-state index contributed by atoms with van der Waals surface area (Å²) in [7, 11) is 0. The molecule has 0 radical (unpaired) electrons. The Morgan fingerprint density at radius 1 is 1.20 bits per heavy atom. The minimum absolute atomic E-state index is 0.152. The van der Waals surface area contributed by atoms with Gasteiger partial charge in [0, 0.05) is 25.8 Å². The van der Waals surface area contributed by atoms with Crippen LogP contribution in [0.15, 0.2) is 35.4 Å². The second kappa shape index (κ2) is 11.8. The van der Waals surface area contributed by atoms with E-state index in [1.807, 2.05) is 4.90 Å². The van der Waals surface area contributed by atoms with Crippen LogP contribution >= 0.6 is 11.8 Å². The van der Waals surface area contributed by atoms with Crippen molar-refractivity contribution in [1.29, 1.82) is 0 Å². The van der Waals surface area contributed by atoms with Crippen LogP contribution in [0.25, 0.3) is 6.08 Å². The molecule has 1 fully saturated rings. The van der Waals surface area contributed by atoms with Crippen LogP contribution in [0.1, 0.15) is 41.6 Å². The van der Waals surface area contributed by atoms with Crippen molar-refractivity contribution < 1.29 is 27.6 Å². The third-order valence-corrected chi connectivity index (χ3v) is 5.91. The van der Waals surface area contributed by atoms with E-state index in [-0.39, 0.29) is 11.6 Å². The monoisotopic (exact) mass is 508 g/mol. The molecule has 2 aromatic heterocycles. The number of nitrogens with one attached hydrogen (secondary N) is 2. The third kappa shape index (κ3) is 7.77. The minimum atomic E-state index is -4.61. The van der Waals surface area contributed by atoms with Crippen molar-refractivity contribution >= 4 is 41.3 Å². The molecule has 3 amide bonds. The quantitative estimate of drug-likeness (QED) is 0.546. The maximum absolute atomic E-state index is 12.8. The fraction of sp³-hybridized carbons (Fsp3) is 0.364. The van der Waals surface area contributed by atoms with Gasteiger partial charge in [0.05, 0.1) is 5.69 Å². The molecule has 0 saturated carbocycles. The Hall–Kier alpha value is -3.48. The van der Waals surface area contributed by atoms with E-state index in [4.69, 9.17) is 0 Å². The summed E-state index contributed by atoms with van der Waals surface area (Å²) in [6.07, 6.45) is 0.515. The van der Waals surface area contributed by atoms with Gasteiger partial charge in [0.15, 0.2) is 0 Å². The van der Waals surface area contributed by atoms with E-state index < -0.39 is 23.0 Å². The lowest BCUT2D eigenvalue weighted by molar-refractivity contribution is -0.141. The Balaban J connectivity index is 1.51. The summed E-state index contributed by atoms with van der Waals surface area (Å²) >= 11 is 0.880. The number of anilines is 1. The molecule has 0 unspecified atom stereocenters. The van der Waals surface area contributed by atoms with E-state index >= 15 is 0 Å². The Labute approximate surface area is 203 Å². The van der Waals surface area contributed by atoms with Gasteiger partial charge < -0.3 is 10.2 Å². The average Bonchev–Trinajstić information content (AvgIpc) is 2.82. The highest BCUT2D eigenvalue weighted by molar-refractivity contribution is 8.17. The Bertz CT molecular complexity index is 1100. The van der Waals surface area contributed by atoms with E-state index in [0.717, 1.165) is 36.7 Å². The predicted molar refractivity (Wildman–Crippen MR) is 124 cm³/mol. The number of aromatic nitrogens is 3. The van der Waals surface area contributed by atoms with Gasteiger partial charge >= 0.3 is 6.18 Å². The lowest BCUT2D eigenvalue weighted by Crippen LogP contribution is -2.39. The maximum atomic E-state index is 12.8. The van der Waals surface area contributed by atoms with E-state index in [9.17, 15) is 27.6 Å². The van der Waals surface area contributed by atoms with Crippen molar-refractivity contribution in [3.63, 3.8) is 0 Å². The van der Waals surface area contributed by atoms with Crippen molar-refractivity contribution in [2.24, 2.45) is 5.92 Å². The first-order valence-electron chi connectivity index (χ1n) is 10.7.